The van der Waals surface area contributed by atoms with Crippen LogP contribution in [0.3, 0.4) is 0 Å². The summed E-state index contributed by atoms with van der Waals surface area (Å²) in [4.78, 5) is 10.6. The molecule has 1 aromatic heterocycles. The quantitative estimate of drug-likeness (QED) is 0.852. The Hall–Kier alpha value is -0.840. The molecule has 0 atom stereocenters. The SMILES string of the molecule is CC(C)c1c(Br)noc1C(=O)O. The molecule has 0 unspecified atom stereocenters. The highest BCUT2D eigenvalue weighted by Crippen LogP contribution is 2.27. The summed E-state index contributed by atoms with van der Waals surface area (Å²) in [5.41, 5.74) is 0.600. The summed E-state index contributed by atoms with van der Waals surface area (Å²) in [7, 11) is 0. The van der Waals surface area contributed by atoms with E-state index in [4.69, 9.17) is 5.11 Å². The molecule has 0 aliphatic carbocycles. The van der Waals surface area contributed by atoms with Crippen LogP contribution in [0.5, 0.6) is 0 Å². The average molecular weight is 234 g/mol. The number of hydrogen-bond acceptors (Lipinski definition) is 3. The predicted molar refractivity (Wildman–Crippen MR) is 45.3 cm³/mol. The molecule has 1 aromatic rings. The van der Waals surface area contributed by atoms with Crippen molar-refractivity contribution < 1.29 is 14.4 Å². The third-order valence-corrected chi connectivity index (χ3v) is 2.03. The van der Waals surface area contributed by atoms with Gasteiger partial charge in [-0.15, -0.1) is 0 Å². The molecule has 0 radical (unpaired) electrons. The monoisotopic (exact) mass is 233 g/mol. The summed E-state index contributed by atoms with van der Waals surface area (Å²) in [5, 5.41) is 12.2. The third kappa shape index (κ3) is 1.50. The standard InChI is InChI=1S/C7H8BrNO3/c1-3(2)4-5(7(10)11)12-9-6(4)8/h3H,1-2H3,(H,10,11). The minimum Gasteiger partial charge on any atom is -0.475 e. The van der Waals surface area contributed by atoms with Crippen LogP contribution >= 0.6 is 15.9 Å². The number of carboxylic acids is 1. The van der Waals surface area contributed by atoms with Gasteiger partial charge in [0.05, 0.1) is 0 Å². The number of aromatic nitrogens is 1. The van der Waals surface area contributed by atoms with Crippen LogP contribution in [0.2, 0.25) is 0 Å². The summed E-state index contributed by atoms with van der Waals surface area (Å²) in [6.07, 6.45) is 0. The van der Waals surface area contributed by atoms with Gasteiger partial charge in [0.25, 0.3) is 0 Å². The molecule has 0 aromatic carbocycles. The fourth-order valence-electron chi connectivity index (χ4n) is 0.932. The van der Waals surface area contributed by atoms with E-state index in [9.17, 15) is 4.79 Å². The highest BCUT2D eigenvalue weighted by molar-refractivity contribution is 9.10. The summed E-state index contributed by atoms with van der Waals surface area (Å²) in [6.45, 7) is 3.76. The second-order valence-corrected chi connectivity index (χ2v) is 3.43. The van der Waals surface area contributed by atoms with Crippen molar-refractivity contribution in [1.82, 2.24) is 5.16 Å². The molecule has 0 aliphatic rings. The number of halogens is 1. The van der Waals surface area contributed by atoms with Gasteiger partial charge < -0.3 is 9.63 Å². The summed E-state index contributed by atoms with van der Waals surface area (Å²) in [5.74, 6) is -1.09. The van der Waals surface area contributed by atoms with Crippen molar-refractivity contribution in [1.29, 1.82) is 0 Å². The Bertz CT molecular complexity index is 306. The van der Waals surface area contributed by atoms with Crippen LogP contribution in [0.1, 0.15) is 35.9 Å². The topological polar surface area (TPSA) is 63.3 Å². The van der Waals surface area contributed by atoms with E-state index in [2.05, 4.69) is 25.6 Å². The first-order valence-corrected chi connectivity index (χ1v) is 4.21. The largest absolute Gasteiger partial charge is 0.475 e. The van der Waals surface area contributed by atoms with Gasteiger partial charge in [-0.25, -0.2) is 4.79 Å². The number of carbonyl (C=O) groups is 1. The van der Waals surface area contributed by atoms with Gasteiger partial charge in [-0.3, -0.25) is 0 Å². The molecule has 0 amide bonds. The van der Waals surface area contributed by atoms with Crippen LogP contribution in [-0.2, 0) is 0 Å². The molecular formula is C7H8BrNO3. The minimum atomic E-state index is -1.09. The van der Waals surface area contributed by atoms with Crippen molar-refractivity contribution in [2.75, 3.05) is 0 Å². The molecule has 1 heterocycles. The molecule has 0 bridgehead atoms. The zero-order valence-corrected chi connectivity index (χ0v) is 8.25. The zero-order chi connectivity index (χ0) is 9.30. The van der Waals surface area contributed by atoms with Crippen molar-refractivity contribution in [3.8, 4) is 0 Å². The Morgan fingerprint density at radius 3 is 2.58 bits per heavy atom. The van der Waals surface area contributed by atoms with E-state index >= 15 is 0 Å². The van der Waals surface area contributed by atoms with Gasteiger partial charge in [0.2, 0.25) is 5.76 Å². The third-order valence-electron chi connectivity index (χ3n) is 1.46. The van der Waals surface area contributed by atoms with Gasteiger partial charge in [-0.1, -0.05) is 19.0 Å². The van der Waals surface area contributed by atoms with Gasteiger partial charge in [-0.2, -0.15) is 0 Å². The maximum atomic E-state index is 10.6. The maximum Gasteiger partial charge on any atom is 0.375 e. The molecular weight excluding hydrogens is 226 g/mol. The van der Waals surface area contributed by atoms with Gasteiger partial charge in [0, 0.05) is 5.56 Å². The van der Waals surface area contributed by atoms with E-state index in [0.29, 0.717) is 10.2 Å². The average Bonchev–Trinajstić information content (AvgIpc) is 2.30. The van der Waals surface area contributed by atoms with E-state index in [1.165, 1.54) is 0 Å². The second kappa shape index (κ2) is 3.26. The zero-order valence-electron chi connectivity index (χ0n) is 6.67. The lowest BCUT2D eigenvalue weighted by Crippen LogP contribution is -2.00. The Labute approximate surface area is 77.7 Å². The van der Waals surface area contributed by atoms with Crippen LogP contribution in [0.15, 0.2) is 9.13 Å². The fraction of sp³-hybridized carbons (Fsp3) is 0.429. The van der Waals surface area contributed by atoms with Gasteiger partial charge in [0.1, 0.15) is 0 Å². The van der Waals surface area contributed by atoms with E-state index in [1.54, 1.807) is 0 Å². The highest BCUT2D eigenvalue weighted by Gasteiger charge is 2.22. The lowest BCUT2D eigenvalue weighted by molar-refractivity contribution is 0.0649. The van der Waals surface area contributed by atoms with Gasteiger partial charge >= 0.3 is 5.97 Å². The van der Waals surface area contributed by atoms with Crippen molar-refractivity contribution in [3.63, 3.8) is 0 Å². The smallest absolute Gasteiger partial charge is 0.375 e. The molecule has 5 heteroatoms. The van der Waals surface area contributed by atoms with Crippen molar-refractivity contribution in [2.24, 2.45) is 0 Å². The lowest BCUT2D eigenvalue weighted by atomic mass is 10.1. The highest BCUT2D eigenvalue weighted by atomic mass is 79.9. The first-order chi connectivity index (χ1) is 5.54. The predicted octanol–water partition coefficient (Wildman–Crippen LogP) is 2.26. The second-order valence-electron chi connectivity index (χ2n) is 2.68. The number of aromatic carboxylic acids is 1. The first kappa shape index (κ1) is 9.25. The number of nitrogens with zero attached hydrogens (tertiary/aromatic N) is 1. The van der Waals surface area contributed by atoms with Crippen LogP contribution in [-0.4, -0.2) is 16.2 Å². The van der Waals surface area contributed by atoms with Crippen LogP contribution in [0, 0.1) is 0 Å². The molecule has 0 spiro atoms. The molecule has 1 N–H and O–H groups in total. The van der Waals surface area contributed by atoms with E-state index in [-0.39, 0.29) is 11.7 Å². The molecule has 4 nitrogen and oxygen atoms in total. The summed E-state index contributed by atoms with van der Waals surface area (Å²) >= 11 is 3.12. The first-order valence-electron chi connectivity index (χ1n) is 3.42. The van der Waals surface area contributed by atoms with Gasteiger partial charge in [0.15, 0.2) is 4.60 Å². The molecule has 66 valence electrons. The van der Waals surface area contributed by atoms with Crippen LogP contribution in [0.4, 0.5) is 0 Å². The molecule has 0 saturated carbocycles. The van der Waals surface area contributed by atoms with E-state index in [0.717, 1.165) is 0 Å². The Kier molecular flexibility index (Phi) is 2.52. The molecule has 0 fully saturated rings. The van der Waals surface area contributed by atoms with Gasteiger partial charge in [-0.05, 0) is 21.8 Å². The molecule has 12 heavy (non-hydrogen) atoms. The number of carboxylic acid groups (broad SMARTS) is 1. The van der Waals surface area contributed by atoms with Crippen LogP contribution < -0.4 is 0 Å². The van der Waals surface area contributed by atoms with Crippen molar-refractivity contribution >= 4 is 21.9 Å². The summed E-state index contributed by atoms with van der Waals surface area (Å²) < 4.78 is 5.09. The van der Waals surface area contributed by atoms with Crippen molar-refractivity contribution in [3.05, 3.63) is 15.9 Å². The van der Waals surface area contributed by atoms with E-state index in [1.807, 2.05) is 13.8 Å². The van der Waals surface area contributed by atoms with Crippen molar-refractivity contribution in [2.45, 2.75) is 19.8 Å². The fourth-order valence-corrected chi connectivity index (χ4v) is 1.64. The Morgan fingerprint density at radius 2 is 2.25 bits per heavy atom. The Morgan fingerprint density at radius 1 is 1.67 bits per heavy atom. The van der Waals surface area contributed by atoms with E-state index < -0.39 is 5.97 Å². The number of hydrogen-bond donors (Lipinski definition) is 1. The molecule has 1 rings (SSSR count). The minimum absolute atomic E-state index is 0.0803. The van der Waals surface area contributed by atoms with Crippen LogP contribution in [0.25, 0.3) is 0 Å². The summed E-state index contributed by atoms with van der Waals surface area (Å²) in [6, 6.07) is 0. The number of rotatable bonds is 2. The molecule has 0 saturated heterocycles. The lowest BCUT2D eigenvalue weighted by Gasteiger charge is -2.00. The maximum absolute atomic E-state index is 10.6. The normalized spacial score (nSPS) is 10.7. The molecule has 0 aliphatic heterocycles. The Balaban J connectivity index is 3.21.